The largest absolute Gasteiger partial charge is 0.478 e. The van der Waals surface area contributed by atoms with Crippen molar-refractivity contribution in [2.45, 2.75) is 38.3 Å². The van der Waals surface area contributed by atoms with Crippen LogP contribution in [0.1, 0.15) is 42.5 Å². The van der Waals surface area contributed by atoms with Crippen LogP contribution < -0.4 is 4.74 Å². The van der Waals surface area contributed by atoms with Crippen molar-refractivity contribution in [1.82, 2.24) is 9.88 Å². The Kier molecular flexibility index (Phi) is 6.42. The summed E-state index contributed by atoms with van der Waals surface area (Å²) in [4.78, 5) is 17.3. The fourth-order valence-corrected chi connectivity index (χ4v) is 4.52. The Bertz CT molecular complexity index is 917. The van der Waals surface area contributed by atoms with Crippen LogP contribution in [-0.2, 0) is 0 Å². The van der Waals surface area contributed by atoms with E-state index in [1.54, 1.807) is 36.5 Å². The number of carboxylic acid groups (broad SMARTS) is 1. The highest BCUT2D eigenvalue weighted by atomic mass is 19.4. The lowest BCUT2D eigenvalue weighted by Crippen LogP contribution is -2.53. The van der Waals surface area contributed by atoms with E-state index in [2.05, 4.69) is 4.98 Å². The molecule has 1 aromatic carbocycles. The maximum absolute atomic E-state index is 13.4. The van der Waals surface area contributed by atoms with Crippen molar-refractivity contribution >= 4 is 5.97 Å². The number of nitrogens with zero attached hydrogens (tertiary/aromatic N) is 2. The van der Waals surface area contributed by atoms with Crippen LogP contribution in [0.4, 0.5) is 13.2 Å². The van der Waals surface area contributed by atoms with Gasteiger partial charge in [-0.05, 0) is 68.5 Å². The van der Waals surface area contributed by atoms with Crippen molar-refractivity contribution in [1.29, 1.82) is 0 Å². The highest BCUT2D eigenvalue weighted by Gasteiger charge is 2.58. The predicted molar refractivity (Wildman–Crippen MR) is 114 cm³/mol. The van der Waals surface area contributed by atoms with Crippen LogP contribution in [0, 0.1) is 11.3 Å². The Hall–Kier alpha value is -2.61. The number of aromatic nitrogens is 1. The monoisotopic (exact) mass is 448 g/mol. The van der Waals surface area contributed by atoms with Gasteiger partial charge in [0.2, 0.25) is 5.88 Å². The van der Waals surface area contributed by atoms with Gasteiger partial charge in [0.1, 0.15) is 0 Å². The van der Waals surface area contributed by atoms with Crippen LogP contribution in [0.3, 0.4) is 0 Å². The van der Waals surface area contributed by atoms with Crippen molar-refractivity contribution in [3.8, 4) is 17.0 Å². The molecule has 5 nitrogen and oxygen atoms in total. The molecule has 0 bridgehead atoms. The number of alkyl halides is 3. The molecule has 1 saturated heterocycles. The van der Waals surface area contributed by atoms with Crippen molar-refractivity contribution < 1.29 is 27.8 Å². The average Bonchev–Trinajstić information content (AvgIpc) is 2.75. The molecule has 1 aliphatic carbocycles. The Morgan fingerprint density at radius 3 is 2.25 bits per heavy atom. The lowest BCUT2D eigenvalue weighted by Gasteiger charge is -2.47. The number of aromatic carboxylic acids is 1. The quantitative estimate of drug-likeness (QED) is 0.625. The number of hydrogen-bond acceptors (Lipinski definition) is 4. The van der Waals surface area contributed by atoms with E-state index < -0.39 is 17.6 Å². The Morgan fingerprint density at radius 2 is 1.75 bits per heavy atom. The van der Waals surface area contributed by atoms with Crippen molar-refractivity contribution in [2.75, 3.05) is 26.2 Å². The molecule has 0 radical (unpaired) electrons. The van der Waals surface area contributed by atoms with E-state index in [1.165, 1.54) is 0 Å². The molecule has 2 heterocycles. The second kappa shape index (κ2) is 9.10. The second-order valence-corrected chi connectivity index (χ2v) is 8.93. The van der Waals surface area contributed by atoms with E-state index in [1.807, 2.05) is 11.0 Å². The van der Waals surface area contributed by atoms with E-state index >= 15 is 0 Å². The molecule has 0 spiro atoms. The molecule has 2 aliphatic rings. The molecule has 1 saturated carbocycles. The number of hydrogen-bond donors (Lipinski definition) is 1. The molecule has 0 atom stereocenters. The molecule has 0 amide bonds. The van der Waals surface area contributed by atoms with Gasteiger partial charge in [-0.3, -0.25) is 0 Å². The summed E-state index contributed by atoms with van der Waals surface area (Å²) >= 11 is 0. The normalized spacial score (nSPS) is 19.3. The zero-order chi connectivity index (χ0) is 22.8. The first-order valence-corrected chi connectivity index (χ1v) is 11.0. The van der Waals surface area contributed by atoms with Gasteiger partial charge >= 0.3 is 12.1 Å². The van der Waals surface area contributed by atoms with Crippen molar-refractivity contribution in [3.05, 3.63) is 48.2 Å². The number of carboxylic acids is 1. The Balaban J connectivity index is 1.24. The summed E-state index contributed by atoms with van der Waals surface area (Å²) in [5.74, 6) is -0.157. The number of piperidine rings is 1. The topological polar surface area (TPSA) is 62.7 Å². The van der Waals surface area contributed by atoms with E-state index in [0.29, 0.717) is 37.9 Å². The van der Waals surface area contributed by atoms with Gasteiger partial charge in [0.15, 0.2) is 0 Å². The third-order valence-electron chi connectivity index (χ3n) is 6.81. The minimum absolute atomic E-state index is 0.126. The predicted octanol–water partition coefficient (Wildman–Crippen LogP) is 5.27. The summed E-state index contributed by atoms with van der Waals surface area (Å²) in [5, 5.41) is 8.98. The smallest absolute Gasteiger partial charge is 0.395 e. The molecular formula is C24H27F3N2O3. The van der Waals surface area contributed by atoms with Gasteiger partial charge < -0.3 is 14.7 Å². The fourth-order valence-electron chi connectivity index (χ4n) is 4.52. The van der Waals surface area contributed by atoms with Gasteiger partial charge in [0.25, 0.3) is 0 Å². The third kappa shape index (κ3) is 4.90. The summed E-state index contributed by atoms with van der Waals surface area (Å²) in [6.45, 7) is 1.97. The maximum atomic E-state index is 13.4. The minimum Gasteiger partial charge on any atom is -0.478 e. The standard InChI is InChI=1S/C24H27F3N2O3/c25-24(26,27)23(10-1-11-23)16-29-12-8-17(9-13-29)15-32-21-7-6-20(14-28-21)18-2-4-19(5-3-18)22(30)31/h2-7,14,17H,1,8-13,15-16H2,(H,30,31). The average molecular weight is 448 g/mol. The summed E-state index contributed by atoms with van der Waals surface area (Å²) < 4.78 is 46.0. The molecule has 32 heavy (non-hydrogen) atoms. The van der Waals surface area contributed by atoms with Crippen molar-refractivity contribution in [3.63, 3.8) is 0 Å². The molecule has 1 aromatic heterocycles. The number of ether oxygens (including phenoxy) is 1. The van der Waals surface area contributed by atoms with Crippen LogP contribution in [0.5, 0.6) is 5.88 Å². The summed E-state index contributed by atoms with van der Waals surface area (Å²) in [7, 11) is 0. The highest BCUT2D eigenvalue weighted by Crippen LogP contribution is 2.53. The first kappa shape index (κ1) is 22.6. The zero-order valence-electron chi connectivity index (χ0n) is 17.8. The minimum atomic E-state index is -4.11. The molecule has 1 N–H and O–H groups in total. The van der Waals surface area contributed by atoms with Crippen LogP contribution in [0.2, 0.25) is 0 Å². The molecular weight excluding hydrogens is 421 g/mol. The lowest BCUT2D eigenvalue weighted by atomic mass is 9.67. The molecule has 2 aromatic rings. The third-order valence-corrected chi connectivity index (χ3v) is 6.81. The van der Waals surface area contributed by atoms with E-state index in [0.717, 1.165) is 24.0 Å². The van der Waals surface area contributed by atoms with Gasteiger partial charge in [-0.1, -0.05) is 18.6 Å². The zero-order valence-corrected chi connectivity index (χ0v) is 17.8. The fraction of sp³-hybridized carbons (Fsp3) is 0.500. The maximum Gasteiger partial charge on any atom is 0.395 e. The van der Waals surface area contributed by atoms with E-state index in [9.17, 15) is 18.0 Å². The SMILES string of the molecule is O=C(O)c1ccc(-c2ccc(OCC3CCN(CC4(C(F)(F)F)CCC4)CC3)nc2)cc1. The first-order valence-electron chi connectivity index (χ1n) is 11.0. The summed E-state index contributed by atoms with van der Waals surface area (Å²) in [6.07, 6.45) is 0.396. The molecule has 2 fully saturated rings. The number of rotatable bonds is 7. The number of carbonyl (C=O) groups is 1. The van der Waals surface area contributed by atoms with Gasteiger partial charge in [-0.15, -0.1) is 0 Å². The number of likely N-dealkylation sites (tertiary alicyclic amines) is 1. The highest BCUT2D eigenvalue weighted by molar-refractivity contribution is 5.88. The van der Waals surface area contributed by atoms with Crippen LogP contribution >= 0.6 is 0 Å². The van der Waals surface area contributed by atoms with Gasteiger partial charge in [-0.2, -0.15) is 13.2 Å². The van der Waals surface area contributed by atoms with Gasteiger partial charge in [0.05, 0.1) is 17.6 Å². The van der Waals surface area contributed by atoms with Crippen molar-refractivity contribution in [2.24, 2.45) is 11.3 Å². The molecule has 172 valence electrons. The number of pyridine rings is 1. The molecule has 8 heteroatoms. The first-order chi connectivity index (χ1) is 15.3. The van der Waals surface area contributed by atoms with Crippen LogP contribution in [0.15, 0.2) is 42.6 Å². The molecule has 1 aliphatic heterocycles. The summed E-state index contributed by atoms with van der Waals surface area (Å²) in [6, 6.07) is 10.2. The summed E-state index contributed by atoms with van der Waals surface area (Å²) in [5.41, 5.74) is 0.464. The Labute approximate surface area is 185 Å². The lowest BCUT2D eigenvalue weighted by molar-refractivity contribution is -0.256. The number of halogens is 3. The molecule has 4 rings (SSSR count). The Morgan fingerprint density at radius 1 is 1.09 bits per heavy atom. The van der Waals surface area contributed by atoms with E-state index in [-0.39, 0.29) is 24.9 Å². The second-order valence-electron chi connectivity index (χ2n) is 8.93. The van der Waals surface area contributed by atoms with Gasteiger partial charge in [-0.25, -0.2) is 9.78 Å². The van der Waals surface area contributed by atoms with E-state index in [4.69, 9.17) is 9.84 Å². The van der Waals surface area contributed by atoms with Crippen LogP contribution in [-0.4, -0.2) is 53.4 Å². The van der Waals surface area contributed by atoms with Gasteiger partial charge in [0, 0.05) is 24.4 Å². The molecule has 0 unspecified atom stereocenters. The van der Waals surface area contributed by atoms with Crippen LogP contribution in [0.25, 0.3) is 11.1 Å². The number of benzene rings is 1.